The van der Waals surface area contributed by atoms with Crippen LogP contribution in [-0.2, 0) is 4.74 Å². The lowest BCUT2D eigenvalue weighted by Gasteiger charge is -2.26. The quantitative estimate of drug-likeness (QED) is 0.371. The smallest absolute Gasteiger partial charge is 0.418 e. The Kier molecular flexibility index (Phi) is 6.04. The van der Waals surface area contributed by atoms with E-state index in [1.807, 2.05) is 39.0 Å². The van der Waals surface area contributed by atoms with Gasteiger partial charge in [0, 0.05) is 11.8 Å². The van der Waals surface area contributed by atoms with Gasteiger partial charge in [0.1, 0.15) is 28.8 Å². The second kappa shape index (κ2) is 8.76. The van der Waals surface area contributed by atoms with Gasteiger partial charge in [-0.25, -0.2) is 4.79 Å². The molecule has 0 unspecified atom stereocenters. The minimum Gasteiger partial charge on any atom is -0.443 e. The molecule has 3 aromatic carbocycles. The van der Waals surface area contributed by atoms with Crippen molar-refractivity contribution < 1.29 is 9.53 Å². The summed E-state index contributed by atoms with van der Waals surface area (Å²) >= 11 is 0. The molecule has 0 saturated carbocycles. The molecule has 0 aliphatic rings. The van der Waals surface area contributed by atoms with Gasteiger partial charge in [0.2, 0.25) is 0 Å². The highest BCUT2D eigenvalue weighted by molar-refractivity contribution is 7.95. The molecule has 0 atom stereocenters. The van der Waals surface area contributed by atoms with Gasteiger partial charge in [-0.15, -0.1) is 0 Å². The van der Waals surface area contributed by atoms with Crippen LogP contribution < -0.4 is 15.9 Å². The lowest BCUT2D eigenvalue weighted by Crippen LogP contribution is -2.32. The maximum atomic E-state index is 13.0. The Bertz CT molecular complexity index is 1170. The maximum absolute atomic E-state index is 13.0. The number of benzene rings is 3. The maximum Gasteiger partial charge on any atom is 0.418 e. The average Bonchev–Trinajstić information content (AvgIpc) is 3.29. The van der Waals surface area contributed by atoms with E-state index in [-0.39, 0.29) is 6.09 Å². The van der Waals surface area contributed by atoms with Crippen molar-refractivity contribution in [1.82, 2.24) is 4.57 Å². The predicted octanol–water partition coefficient (Wildman–Crippen LogP) is 5.86. The molecule has 0 saturated heterocycles. The number of hydrogen-bond donors (Lipinski definition) is 0. The minimum absolute atomic E-state index is 0.369. The molecular weight excluding hydrogens is 413 g/mol. The second-order valence-electron chi connectivity index (χ2n) is 8.94. The molecule has 0 aliphatic heterocycles. The Balaban J connectivity index is 1.92. The molecule has 0 fully saturated rings. The van der Waals surface area contributed by atoms with Gasteiger partial charge in [0.15, 0.2) is 0 Å². The van der Waals surface area contributed by atoms with Crippen LogP contribution in [-0.4, -0.2) is 22.9 Å². The minimum atomic E-state index is -1.96. The fourth-order valence-electron chi connectivity index (χ4n) is 4.03. The molecule has 1 aromatic heterocycles. The third-order valence-electron chi connectivity index (χ3n) is 5.55. The van der Waals surface area contributed by atoms with E-state index in [0.29, 0.717) is 0 Å². The molecule has 3 nitrogen and oxygen atoms in total. The van der Waals surface area contributed by atoms with Crippen LogP contribution in [0.25, 0.3) is 11.3 Å². The van der Waals surface area contributed by atoms with E-state index in [0.717, 1.165) is 11.3 Å². The van der Waals surface area contributed by atoms with Crippen molar-refractivity contribution in [3.05, 3.63) is 103 Å². The molecule has 0 spiro atoms. The van der Waals surface area contributed by atoms with Gasteiger partial charge in [0.05, 0.1) is 12.4 Å². The van der Waals surface area contributed by atoms with Gasteiger partial charge >= 0.3 is 6.09 Å². The molecule has 4 heteroatoms. The van der Waals surface area contributed by atoms with E-state index in [9.17, 15) is 4.79 Å². The van der Waals surface area contributed by atoms with Crippen LogP contribution >= 0.6 is 7.26 Å². The summed E-state index contributed by atoms with van der Waals surface area (Å²) in [6.07, 6.45) is 1.41. The van der Waals surface area contributed by atoms with Gasteiger partial charge in [0.25, 0.3) is 0 Å². The Hall–Kier alpha value is -3.16. The van der Waals surface area contributed by atoms with Crippen LogP contribution in [0.3, 0.4) is 0 Å². The fourth-order valence-corrected chi connectivity index (χ4v) is 7.48. The number of nitrogens with zero attached hydrogens (tertiary/aromatic N) is 1. The van der Waals surface area contributed by atoms with Crippen molar-refractivity contribution in [3.8, 4) is 11.3 Å². The van der Waals surface area contributed by atoms with Gasteiger partial charge in [-0.2, -0.15) is 0 Å². The number of carbonyl (C=O) groups excluding carboxylic acids is 1. The number of hydrogen-bond acceptors (Lipinski definition) is 2. The second-order valence-corrected chi connectivity index (χ2v) is 12.5. The highest BCUT2D eigenvalue weighted by atomic mass is 31.2. The number of carbonyl (C=O) groups is 1. The SMILES string of the molecule is CC(C)(C)OC(=O)n1cccc1-c1ccccc1[P+](C)(c1ccccc1)c1ccccc1. The van der Waals surface area contributed by atoms with Crippen LogP contribution in [0, 0.1) is 0 Å². The predicted molar refractivity (Wildman–Crippen MR) is 136 cm³/mol. The average molecular weight is 443 g/mol. The summed E-state index contributed by atoms with van der Waals surface area (Å²) < 4.78 is 7.29. The van der Waals surface area contributed by atoms with Gasteiger partial charge in [-0.05, 0) is 69.3 Å². The molecule has 32 heavy (non-hydrogen) atoms. The number of rotatable bonds is 4. The van der Waals surface area contributed by atoms with Crippen molar-refractivity contribution in [2.24, 2.45) is 0 Å². The first-order chi connectivity index (χ1) is 15.3. The summed E-state index contributed by atoms with van der Waals surface area (Å²) in [5, 5.41) is 3.84. The van der Waals surface area contributed by atoms with E-state index >= 15 is 0 Å². The van der Waals surface area contributed by atoms with Crippen molar-refractivity contribution in [3.63, 3.8) is 0 Å². The standard InChI is InChI=1S/C28H29NO2P/c1-28(2,3)31-27(30)29-21-13-19-25(29)24-18-11-12-20-26(24)32(4,22-14-7-5-8-15-22)23-16-9-6-10-17-23/h5-21H,1-4H3/q+1. The first kappa shape index (κ1) is 22.0. The number of aromatic nitrogens is 1. The van der Waals surface area contributed by atoms with Crippen LogP contribution in [0.5, 0.6) is 0 Å². The molecule has 0 bridgehead atoms. The van der Waals surface area contributed by atoms with Gasteiger partial charge < -0.3 is 4.74 Å². The van der Waals surface area contributed by atoms with E-state index in [2.05, 4.69) is 85.5 Å². The Morgan fingerprint density at radius 3 is 1.84 bits per heavy atom. The lowest BCUT2D eigenvalue weighted by atomic mass is 10.1. The topological polar surface area (TPSA) is 31.2 Å². The van der Waals surface area contributed by atoms with E-state index in [1.54, 1.807) is 10.8 Å². The van der Waals surface area contributed by atoms with Crippen LogP contribution in [0.1, 0.15) is 20.8 Å². The Morgan fingerprint density at radius 2 is 1.28 bits per heavy atom. The highest BCUT2D eigenvalue weighted by Crippen LogP contribution is 2.53. The van der Waals surface area contributed by atoms with Gasteiger partial charge in [-0.1, -0.05) is 48.5 Å². The molecule has 0 amide bonds. The van der Waals surface area contributed by atoms with Crippen LogP contribution in [0.2, 0.25) is 0 Å². The number of ether oxygens (including phenoxy) is 1. The monoisotopic (exact) mass is 442 g/mol. The molecule has 0 N–H and O–H groups in total. The van der Waals surface area contributed by atoms with Crippen molar-refractivity contribution in [2.75, 3.05) is 6.66 Å². The van der Waals surface area contributed by atoms with E-state index in [4.69, 9.17) is 4.74 Å². The largest absolute Gasteiger partial charge is 0.443 e. The summed E-state index contributed by atoms with van der Waals surface area (Å²) in [5.74, 6) is 0. The first-order valence-electron chi connectivity index (χ1n) is 10.8. The zero-order valence-corrected chi connectivity index (χ0v) is 19.9. The Morgan fingerprint density at radius 1 is 0.750 bits per heavy atom. The zero-order chi connectivity index (χ0) is 22.8. The molecule has 0 aliphatic carbocycles. The molecule has 4 rings (SSSR count). The van der Waals surface area contributed by atoms with E-state index < -0.39 is 12.9 Å². The summed E-state index contributed by atoms with van der Waals surface area (Å²) in [6, 6.07) is 33.7. The highest BCUT2D eigenvalue weighted by Gasteiger charge is 2.42. The first-order valence-corrected chi connectivity index (χ1v) is 13.0. The van der Waals surface area contributed by atoms with Crippen molar-refractivity contribution >= 4 is 29.3 Å². The molecule has 162 valence electrons. The van der Waals surface area contributed by atoms with E-state index in [1.165, 1.54) is 15.9 Å². The third-order valence-corrected chi connectivity index (χ3v) is 9.56. The molecular formula is C28H29NO2P+. The van der Waals surface area contributed by atoms with Crippen molar-refractivity contribution in [2.45, 2.75) is 26.4 Å². The van der Waals surface area contributed by atoms with Crippen molar-refractivity contribution in [1.29, 1.82) is 0 Å². The Labute approximate surface area is 191 Å². The molecule has 4 aromatic rings. The molecule has 1 heterocycles. The van der Waals surface area contributed by atoms with Crippen LogP contribution in [0.15, 0.2) is 103 Å². The van der Waals surface area contributed by atoms with Crippen LogP contribution in [0.4, 0.5) is 4.79 Å². The zero-order valence-electron chi connectivity index (χ0n) is 19.0. The summed E-state index contributed by atoms with van der Waals surface area (Å²) in [6.45, 7) is 8.01. The summed E-state index contributed by atoms with van der Waals surface area (Å²) in [5.41, 5.74) is 1.33. The third kappa shape index (κ3) is 4.26. The fraction of sp³-hybridized carbons (Fsp3) is 0.179. The lowest BCUT2D eigenvalue weighted by molar-refractivity contribution is 0.0540. The summed E-state index contributed by atoms with van der Waals surface area (Å²) in [4.78, 5) is 13.0. The molecule has 0 radical (unpaired) electrons. The van der Waals surface area contributed by atoms with Gasteiger partial charge in [-0.3, -0.25) is 4.57 Å². The summed E-state index contributed by atoms with van der Waals surface area (Å²) in [7, 11) is -1.96. The normalized spacial score (nSPS) is 11.9.